The molecule has 4 heteroatoms. The maximum absolute atomic E-state index is 6.30. The first-order chi connectivity index (χ1) is 13.0. The second-order valence-corrected chi connectivity index (χ2v) is 10.5. The Labute approximate surface area is 173 Å². The number of rotatable bonds is 7. The first kappa shape index (κ1) is 22.7. The molecule has 0 heterocycles. The molecule has 28 heavy (non-hydrogen) atoms. The normalized spacial score (nSPS) is 12.5. The molecule has 2 aromatic rings. The van der Waals surface area contributed by atoms with E-state index in [9.17, 15) is 0 Å². The zero-order valence-corrected chi connectivity index (χ0v) is 19.6. The second kappa shape index (κ2) is 9.29. The predicted molar refractivity (Wildman–Crippen MR) is 121 cm³/mol. The van der Waals surface area contributed by atoms with Crippen molar-refractivity contribution in [1.29, 1.82) is 0 Å². The molecule has 0 aliphatic rings. The summed E-state index contributed by atoms with van der Waals surface area (Å²) in [5.41, 5.74) is 2.86. The Kier molecular flexibility index (Phi) is 7.53. The number of nitrogens with zero attached hydrogens (tertiary/aromatic N) is 1. The van der Waals surface area contributed by atoms with E-state index >= 15 is 0 Å². The van der Waals surface area contributed by atoms with E-state index < -0.39 is 8.53 Å². The summed E-state index contributed by atoms with van der Waals surface area (Å²) in [7, 11) is -1.22. The highest BCUT2D eigenvalue weighted by molar-refractivity contribution is 7.45. The van der Waals surface area contributed by atoms with Gasteiger partial charge >= 0.3 is 8.53 Å². The van der Waals surface area contributed by atoms with E-state index in [2.05, 4.69) is 84.3 Å². The van der Waals surface area contributed by atoms with Gasteiger partial charge in [0.25, 0.3) is 0 Å². The van der Waals surface area contributed by atoms with Gasteiger partial charge in [-0.3, -0.25) is 0 Å². The van der Waals surface area contributed by atoms with Crippen LogP contribution in [0.5, 0.6) is 11.5 Å². The molecule has 2 rings (SSSR count). The minimum atomic E-state index is -1.22. The molecule has 0 aliphatic carbocycles. The highest BCUT2D eigenvalue weighted by Gasteiger charge is 2.23. The van der Waals surface area contributed by atoms with Crippen LogP contribution in [0.4, 0.5) is 0 Å². The minimum Gasteiger partial charge on any atom is -0.427 e. The summed E-state index contributed by atoms with van der Waals surface area (Å²) < 4.78 is 14.8. The van der Waals surface area contributed by atoms with Gasteiger partial charge in [-0.1, -0.05) is 79.7 Å². The molecule has 0 unspecified atom stereocenters. The van der Waals surface area contributed by atoms with E-state index in [0.717, 1.165) is 24.6 Å². The summed E-state index contributed by atoms with van der Waals surface area (Å²) in [5, 5.41) is 0. The summed E-state index contributed by atoms with van der Waals surface area (Å²) >= 11 is 0. The zero-order valence-electron chi connectivity index (χ0n) is 18.7. The molecule has 0 amide bonds. The molecule has 3 nitrogen and oxygen atoms in total. The van der Waals surface area contributed by atoms with Crippen LogP contribution < -0.4 is 9.05 Å². The average Bonchev–Trinajstić information content (AvgIpc) is 2.62. The lowest BCUT2D eigenvalue weighted by molar-refractivity contribution is 0.371. The SMILES string of the molecule is CCN(CC)P(Oc1ccc(C(C)(C)C)cc1)Oc1ccc(C(C)(C)C)cc1. The van der Waals surface area contributed by atoms with E-state index in [1.54, 1.807) is 0 Å². The first-order valence-corrected chi connectivity index (χ1v) is 11.3. The van der Waals surface area contributed by atoms with Crippen LogP contribution in [0.25, 0.3) is 0 Å². The highest BCUT2D eigenvalue weighted by Crippen LogP contribution is 2.44. The molecule has 0 aliphatic heterocycles. The van der Waals surface area contributed by atoms with E-state index in [1.807, 2.05) is 24.3 Å². The van der Waals surface area contributed by atoms with Gasteiger partial charge in [0.15, 0.2) is 0 Å². The van der Waals surface area contributed by atoms with Gasteiger partial charge in [-0.2, -0.15) is 0 Å². The summed E-state index contributed by atoms with van der Waals surface area (Å²) in [6.07, 6.45) is 0. The topological polar surface area (TPSA) is 21.7 Å². The fraction of sp³-hybridized carbons (Fsp3) is 0.500. The molecule has 0 fully saturated rings. The maximum atomic E-state index is 6.30. The molecule has 2 aromatic carbocycles. The summed E-state index contributed by atoms with van der Waals surface area (Å²) in [4.78, 5) is 0. The summed E-state index contributed by atoms with van der Waals surface area (Å²) in [6.45, 7) is 19.3. The van der Waals surface area contributed by atoms with Crippen LogP contribution in [0.2, 0.25) is 0 Å². The van der Waals surface area contributed by atoms with Crippen LogP contribution >= 0.6 is 8.53 Å². The lowest BCUT2D eigenvalue weighted by atomic mass is 9.87. The van der Waals surface area contributed by atoms with Crippen molar-refractivity contribution in [3.8, 4) is 11.5 Å². The Bertz CT molecular complexity index is 664. The standard InChI is InChI=1S/C24H36NO2P/c1-9-25(10-2)28(26-21-15-11-19(12-16-21)23(3,4)5)27-22-17-13-20(14-18-22)24(6,7)8/h11-18H,9-10H2,1-8H3. The molecule has 0 spiro atoms. The largest absolute Gasteiger partial charge is 0.427 e. The minimum absolute atomic E-state index is 0.132. The van der Waals surface area contributed by atoms with Gasteiger partial charge in [-0.25, -0.2) is 4.67 Å². The van der Waals surface area contributed by atoms with Gasteiger partial charge in [-0.15, -0.1) is 0 Å². The van der Waals surface area contributed by atoms with E-state index in [1.165, 1.54) is 11.1 Å². The van der Waals surface area contributed by atoms with E-state index in [4.69, 9.17) is 9.05 Å². The molecule has 154 valence electrons. The van der Waals surface area contributed by atoms with E-state index in [0.29, 0.717) is 0 Å². The highest BCUT2D eigenvalue weighted by atomic mass is 31.2. The van der Waals surface area contributed by atoms with Crippen LogP contribution in [0.3, 0.4) is 0 Å². The third-order valence-electron chi connectivity index (χ3n) is 4.77. The van der Waals surface area contributed by atoms with Gasteiger partial charge in [0.1, 0.15) is 11.5 Å². The zero-order chi connectivity index (χ0) is 20.9. The molecule has 0 saturated heterocycles. The van der Waals surface area contributed by atoms with Crippen LogP contribution in [0.1, 0.15) is 66.5 Å². The van der Waals surface area contributed by atoms with Gasteiger partial charge in [-0.05, 0) is 46.2 Å². The maximum Gasteiger partial charge on any atom is 0.384 e. The van der Waals surface area contributed by atoms with Gasteiger partial charge in [0, 0.05) is 13.1 Å². The molecule has 0 aromatic heterocycles. The molecule has 0 atom stereocenters. The molecule has 0 bridgehead atoms. The number of hydrogen-bond acceptors (Lipinski definition) is 3. The van der Waals surface area contributed by atoms with Crippen molar-refractivity contribution in [2.75, 3.05) is 13.1 Å². The fourth-order valence-electron chi connectivity index (χ4n) is 2.80. The van der Waals surface area contributed by atoms with Crippen molar-refractivity contribution in [2.45, 2.75) is 66.2 Å². The molecular formula is C24H36NO2P. The van der Waals surface area contributed by atoms with Crippen molar-refractivity contribution in [1.82, 2.24) is 4.67 Å². The van der Waals surface area contributed by atoms with Crippen molar-refractivity contribution < 1.29 is 9.05 Å². The van der Waals surface area contributed by atoms with Crippen LogP contribution in [-0.2, 0) is 10.8 Å². The predicted octanol–water partition coefficient (Wildman–Crippen LogP) is 7.31. The molecule has 0 N–H and O–H groups in total. The van der Waals surface area contributed by atoms with Gasteiger partial charge < -0.3 is 9.05 Å². The Morgan fingerprint density at radius 2 is 0.964 bits per heavy atom. The smallest absolute Gasteiger partial charge is 0.384 e. The Morgan fingerprint density at radius 1 is 0.643 bits per heavy atom. The van der Waals surface area contributed by atoms with Crippen molar-refractivity contribution in [2.24, 2.45) is 0 Å². The summed E-state index contributed by atoms with van der Waals surface area (Å²) in [5.74, 6) is 1.69. The van der Waals surface area contributed by atoms with Gasteiger partial charge in [0.05, 0.1) is 0 Å². The Hall–Kier alpha value is -1.57. The lowest BCUT2D eigenvalue weighted by Crippen LogP contribution is -2.22. The van der Waals surface area contributed by atoms with Gasteiger partial charge in [0.2, 0.25) is 0 Å². The number of hydrogen-bond donors (Lipinski definition) is 0. The van der Waals surface area contributed by atoms with Crippen molar-refractivity contribution >= 4 is 8.53 Å². The van der Waals surface area contributed by atoms with Crippen molar-refractivity contribution in [3.63, 3.8) is 0 Å². The van der Waals surface area contributed by atoms with Crippen LogP contribution in [0, 0.1) is 0 Å². The second-order valence-electron chi connectivity index (χ2n) is 9.11. The number of benzene rings is 2. The quantitative estimate of drug-likeness (QED) is 0.454. The van der Waals surface area contributed by atoms with Crippen LogP contribution in [-0.4, -0.2) is 17.8 Å². The molecule has 0 radical (unpaired) electrons. The van der Waals surface area contributed by atoms with Crippen LogP contribution in [0.15, 0.2) is 48.5 Å². The molecule has 0 saturated carbocycles. The Morgan fingerprint density at radius 3 is 1.21 bits per heavy atom. The average molecular weight is 402 g/mol. The fourth-order valence-corrected chi connectivity index (χ4v) is 4.13. The lowest BCUT2D eigenvalue weighted by Gasteiger charge is -2.28. The molecular weight excluding hydrogens is 365 g/mol. The Balaban J connectivity index is 2.18. The third-order valence-corrected chi connectivity index (χ3v) is 6.53. The van der Waals surface area contributed by atoms with E-state index in [-0.39, 0.29) is 10.8 Å². The first-order valence-electron chi connectivity index (χ1n) is 10.2. The third kappa shape index (κ3) is 6.22. The summed E-state index contributed by atoms with van der Waals surface area (Å²) in [6, 6.07) is 16.8. The van der Waals surface area contributed by atoms with Crippen molar-refractivity contribution in [3.05, 3.63) is 59.7 Å². The monoisotopic (exact) mass is 401 g/mol.